The highest BCUT2D eigenvalue weighted by Crippen LogP contribution is 2.19. The molecule has 1 aromatic rings. The minimum Gasteiger partial charge on any atom is -0.481 e. The third-order valence-corrected chi connectivity index (χ3v) is 2.64. The third kappa shape index (κ3) is 2.55. The van der Waals surface area contributed by atoms with Gasteiger partial charge in [-0.05, 0) is 37.0 Å². The maximum atomic E-state index is 13.5. The minimum absolute atomic E-state index is 0.231. The normalized spacial score (nSPS) is 12.5. The third-order valence-electron chi connectivity index (χ3n) is 2.64. The maximum absolute atomic E-state index is 13.5. The Hall–Kier alpha value is -1.38. The van der Waals surface area contributed by atoms with Crippen LogP contribution >= 0.6 is 0 Å². The van der Waals surface area contributed by atoms with Crippen molar-refractivity contribution in [2.24, 2.45) is 5.92 Å². The number of hydrogen-bond acceptors (Lipinski definition) is 1. The highest BCUT2D eigenvalue weighted by Gasteiger charge is 2.14. The van der Waals surface area contributed by atoms with Crippen molar-refractivity contribution in [2.75, 3.05) is 0 Å². The Balaban J connectivity index is 2.97. The van der Waals surface area contributed by atoms with E-state index >= 15 is 0 Å². The molecule has 0 aliphatic carbocycles. The molecule has 1 unspecified atom stereocenters. The lowest BCUT2D eigenvalue weighted by molar-refractivity contribution is -0.141. The van der Waals surface area contributed by atoms with Gasteiger partial charge >= 0.3 is 5.97 Å². The van der Waals surface area contributed by atoms with Crippen LogP contribution in [-0.4, -0.2) is 11.1 Å². The highest BCUT2D eigenvalue weighted by atomic mass is 19.1. The lowest BCUT2D eigenvalue weighted by atomic mass is 9.96. The Morgan fingerprint density at radius 1 is 1.47 bits per heavy atom. The number of carboxylic acid groups (broad SMARTS) is 1. The Labute approximate surface area is 88.7 Å². The van der Waals surface area contributed by atoms with Crippen LogP contribution in [0.15, 0.2) is 12.1 Å². The largest absolute Gasteiger partial charge is 0.481 e. The summed E-state index contributed by atoms with van der Waals surface area (Å²) in [5.74, 6) is -1.56. The van der Waals surface area contributed by atoms with E-state index in [4.69, 9.17) is 5.11 Å². The molecule has 0 radical (unpaired) electrons. The monoisotopic (exact) mass is 210 g/mol. The second-order valence-electron chi connectivity index (χ2n) is 3.92. The van der Waals surface area contributed by atoms with Gasteiger partial charge in [0.1, 0.15) is 5.82 Å². The van der Waals surface area contributed by atoms with Crippen LogP contribution in [0.1, 0.15) is 23.6 Å². The lowest BCUT2D eigenvalue weighted by Crippen LogP contribution is -2.13. The first-order chi connectivity index (χ1) is 6.93. The molecule has 0 bridgehead atoms. The SMILES string of the molecule is Cc1ccc(CC(C)C(=O)O)c(C)c1F. The predicted octanol–water partition coefficient (Wildman–Crippen LogP) is 2.71. The number of aryl methyl sites for hydroxylation is 1. The molecule has 0 spiro atoms. The zero-order chi connectivity index (χ0) is 11.6. The molecule has 0 saturated heterocycles. The van der Waals surface area contributed by atoms with Gasteiger partial charge in [0.15, 0.2) is 0 Å². The number of aliphatic carboxylic acids is 1. The van der Waals surface area contributed by atoms with Gasteiger partial charge in [0, 0.05) is 0 Å². The molecular weight excluding hydrogens is 195 g/mol. The van der Waals surface area contributed by atoms with Crippen LogP contribution in [0.2, 0.25) is 0 Å². The smallest absolute Gasteiger partial charge is 0.306 e. The molecule has 3 heteroatoms. The Bertz CT molecular complexity index is 385. The van der Waals surface area contributed by atoms with Gasteiger partial charge in [-0.25, -0.2) is 4.39 Å². The molecule has 1 aromatic carbocycles. The summed E-state index contributed by atoms with van der Waals surface area (Å²) in [7, 11) is 0. The molecule has 0 fully saturated rings. The van der Waals surface area contributed by atoms with E-state index in [1.165, 1.54) is 0 Å². The molecule has 0 amide bonds. The van der Waals surface area contributed by atoms with Crippen LogP contribution in [0.5, 0.6) is 0 Å². The van der Waals surface area contributed by atoms with E-state index < -0.39 is 11.9 Å². The van der Waals surface area contributed by atoms with Crippen LogP contribution < -0.4 is 0 Å². The van der Waals surface area contributed by atoms with Crippen LogP contribution in [-0.2, 0) is 11.2 Å². The summed E-state index contributed by atoms with van der Waals surface area (Å²) in [5.41, 5.74) is 1.93. The number of carboxylic acids is 1. The number of hydrogen-bond donors (Lipinski definition) is 1. The fourth-order valence-electron chi connectivity index (χ4n) is 1.50. The molecule has 15 heavy (non-hydrogen) atoms. The van der Waals surface area contributed by atoms with Crippen molar-refractivity contribution in [3.05, 3.63) is 34.6 Å². The van der Waals surface area contributed by atoms with Gasteiger partial charge in [-0.1, -0.05) is 19.1 Å². The summed E-state index contributed by atoms with van der Waals surface area (Å²) >= 11 is 0. The topological polar surface area (TPSA) is 37.3 Å². The van der Waals surface area contributed by atoms with E-state index in [1.54, 1.807) is 32.9 Å². The number of benzene rings is 1. The molecular formula is C12H15FO2. The molecule has 1 N–H and O–H groups in total. The Kier molecular flexibility index (Phi) is 3.45. The van der Waals surface area contributed by atoms with Crippen LogP contribution in [0, 0.1) is 25.6 Å². The molecule has 0 saturated carbocycles. The van der Waals surface area contributed by atoms with Gasteiger partial charge in [0.05, 0.1) is 5.92 Å². The fourth-order valence-corrected chi connectivity index (χ4v) is 1.50. The number of rotatable bonds is 3. The first-order valence-corrected chi connectivity index (χ1v) is 4.91. The Morgan fingerprint density at radius 2 is 2.07 bits per heavy atom. The lowest BCUT2D eigenvalue weighted by Gasteiger charge is -2.11. The Morgan fingerprint density at radius 3 is 2.60 bits per heavy atom. The van der Waals surface area contributed by atoms with Crippen LogP contribution in [0.25, 0.3) is 0 Å². The molecule has 1 atom stereocenters. The van der Waals surface area contributed by atoms with Crippen molar-refractivity contribution < 1.29 is 14.3 Å². The number of carbonyl (C=O) groups is 1. The standard InChI is InChI=1S/C12H15FO2/c1-7-4-5-10(9(3)11(7)13)6-8(2)12(14)15/h4-5,8H,6H2,1-3H3,(H,14,15). The van der Waals surface area contributed by atoms with E-state index in [-0.39, 0.29) is 5.82 Å². The summed E-state index contributed by atoms with van der Waals surface area (Å²) < 4.78 is 13.5. The highest BCUT2D eigenvalue weighted by molar-refractivity contribution is 5.70. The van der Waals surface area contributed by atoms with Gasteiger partial charge < -0.3 is 5.11 Å². The second kappa shape index (κ2) is 4.43. The summed E-state index contributed by atoms with van der Waals surface area (Å²) in [6.45, 7) is 5.01. The average molecular weight is 210 g/mol. The van der Waals surface area contributed by atoms with Gasteiger partial charge in [-0.3, -0.25) is 4.79 Å². The van der Waals surface area contributed by atoms with E-state index in [0.717, 1.165) is 5.56 Å². The molecule has 0 aliphatic rings. The summed E-state index contributed by atoms with van der Waals surface area (Å²) in [5, 5.41) is 8.76. The van der Waals surface area contributed by atoms with Crippen molar-refractivity contribution in [3.8, 4) is 0 Å². The first kappa shape index (κ1) is 11.7. The van der Waals surface area contributed by atoms with Gasteiger partial charge in [-0.15, -0.1) is 0 Å². The van der Waals surface area contributed by atoms with E-state index in [1.807, 2.05) is 0 Å². The van der Waals surface area contributed by atoms with Crippen molar-refractivity contribution in [2.45, 2.75) is 27.2 Å². The second-order valence-corrected chi connectivity index (χ2v) is 3.92. The molecule has 0 heterocycles. The minimum atomic E-state index is -0.851. The zero-order valence-corrected chi connectivity index (χ0v) is 9.17. The summed E-state index contributed by atoms with van der Waals surface area (Å²) in [6, 6.07) is 3.49. The average Bonchev–Trinajstić information content (AvgIpc) is 2.18. The van der Waals surface area contributed by atoms with Crippen molar-refractivity contribution in [3.63, 3.8) is 0 Å². The van der Waals surface area contributed by atoms with Gasteiger partial charge in [0.2, 0.25) is 0 Å². The molecule has 1 rings (SSSR count). The number of halogens is 1. The van der Waals surface area contributed by atoms with E-state index in [0.29, 0.717) is 17.5 Å². The zero-order valence-electron chi connectivity index (χ0n) is 9.17. The maximum Gasteiger partial charge on any atom is 0.306 e. The fraction of sp³-hybridized carbons (Fsp3) is 0.417. The quantitative estimate of drug-likeness (QED) is 0.832. The van der Waals surface area contributed by atoms with Crippen molar-refractivity contribution in [1.29, 1.82) is 0 Å². The predicted molar refractivity (Wildman–Crippen MR) is 56.4 cm³/mol. The van der Waals surface area contributed by atoms with E-state index in [2.05, 4.69) is 0 Å². The van der Waals surface area contributed by atoms with Gasteiger partial charge in [-0.2, -0.15) is 0 Å². The van der Waals surface area contributed by atoms with Crippen LogP contribution in [0.3, 0.4) is 0 Å². The van der Waals surface area contributed by atoms with Gasteiger partial charge in [0.25, 0.3) is 0 Å². The molecule has 82 valence electrons. The van der Waals surface area contributed by atoms with Crippen LogP contribution in [0.4, 0.5) is 4.39 Å². The van der Waals surface area contributed by atoms with Crippen molar-refractivity contribution in [1.82, 2.24) is 0 Å². The molecule has 0 aliphatic heterocycles. The molecule has 0 aromatic heterocycles. The first-order valence-electron chi connectivity index (χ1n) is 4.91. The summed E-state index contributed by atoms with van der Waals surface area (Å²) in [6.07, 6.45) is 0.373. The van der Waals surface area contributed by atoms with Crippen molar-refractivity contribution >= 4 is 5.97 Å². The molecule has 2 nitrogen and oxygen atoms in total. The summed E-state index contributed by atoms with van der Waals surface area (Å²) in [4.78, 5) is 10.7. The van der Waals surface area contributed by atoms with E-state index in [9.17, 15) is 9.18 Å².